The normalized spacial score (nSPS) is 16.5. The van der Waals surface area contributed by atoms with Crippen LogP contribution in [-0.4, -0.2) is 37.0 Å². The lowest BCUT2D eigenvalue weighted by atomic mass is 9.87. The zero-order chi connectivity index (χ0) is 17.4. The van der Waals surface area contributed by atoms with Crippen LogP contribution in [0.5, 0.6) is 0 Å². The summed E-state index contributed by atoms with van der Waals surface area (Å²) in [7, 11) is 0. The Kier molecular flexibility index (Phi) is 7.04. The van der Waals surface area contributed by atoms with Crippen LogP contribution in [0.2, 0.25) is 0 Å². The third kappa shape index (κ3) is 6.48. The van der Waals surface area contributed by atoms with Crippen molar-refractivity contribution in [2.75, 3.05) is 26.2 Å². The fourth-order valence-corrected chi connectivity index (χ4v) is 3.02. The second kappa shape index (κ2) is 9.03. The molecule has 0 aromatic heterocycles. The lowest BCUT2D eigenvalue weighted by Crippen LogP contribution is -2.33. The van der Waals surface area contributed by atoms with Crippen molar-refractivity contribution < 1.29 is 4.79 Å². The van der Waals surface area contributed by atoms with Gasteiger partial charge in [0.05, 0.1) is 0 Å². The van der Waals surface area contributed by atoms with Crippen LogP contribution in [0.4, 0.5) is 0 Å². The van der Waals surface area contributed by atoms with E-state index < -0.39 is 0 Å². The molecule has 1 saturated heterocycles. The van der Waals surface area contributed by atoms with Crippen LogP contribution in [0.15, 0.2) is 30.3 Å². The monoisotopic (exact) mass is 328 g/mol. The number of hydrogen-bond donors (Lipinski definition) is 1. The smallest absolute Gasteiger partial charge is 0.243 e. The molecule has 0 spiro atoms. The highest BCUT2D eigenvalue weighted by Crippen LogP contribution is 2.22. The predicted molar refractivity (Wildman–Crippen MR) is 102 cm³/mol. The van der Waals surface area contributed by atoms with Crippen molar-refractivity contribution >= 4 is 12.0 Å². The van der Waals surface area contributed by atoms with Gasteiger partial charge in [0.2, 0.25) is 5.91 Å². The highest BCUT2D eigenvalue weighted by Gasteiger charge is 2.12. The summed E-state index contributed by atoms with van der Waals surface area (Å²) in [6, 6.07) is 8.41. The molecule has 1 N–H and O–H groups in total. The Labute approximate surface area is 147 Å². The highest BCUT2D eigenvalue weighted by molar-refractivity contribution is 5.91. The molecular weight excluding hydrogens is 296 g/mol. The fourth-order valence-electron chi connectivity index (χ4n) is 3.02. The molecule has 0 aliphatic carbocycles. The highest BCUT2D eigenvalue weighted by atomic mass is 16.1. The summed E-state index contributed by atoms with van der Waals surface area (Å²) in [5.41, 5.74) is 2.53. The zero-order valence-corrected chi connectivity index (χ0v) is 15.5. The van der Waals surface area contributed by atoms with Crippen molar-refractivity contribution in [1.29, 1.82) is 0 Å². The van der Waals surface area contributed by atoms with Crippen LogP contribution in [0.1, 0.15) is 57.6 Å². The van der Waals surface area contributed by atoms with Crippen LogP contribution < -0.4 is 5.32 Å². The van der Waals surface area contributed by atoms with Gasteiger partial charge in [-0.15, -0.1) is 0 Å². The average molecular weight is 329 g/mol. The number of amides is 1. The van der Waals surface area contributed by atoms with Crippen LogP contribution in [0.25, 0.3) is 6.08 Å². The van der Waals surface area contributed by atoms with Gasteiger partial charge in [0.1, 0.15) is 0 Å². The molecule has 1 aromatic carbocycles. The van der Waals surface area contributed by atoms with E-state index in [0.717, 1.165) is 25.1 Å². The van der Waals surface area contributed by atoms with Gasteiger partial charge in [-0.1, -0.05) is 51.5 Å². The summed E-state index contributed by atoms with van der Waals surface area (Å²) in [5.74, 6) is -0.00598. The van der Waals surface area contributed by atoms with Crippen molar-refractivity contribution in [1.82, 2.24) is 10.2 Å². The molecular formula is C21H32N2O. The van der Waals surface area contributed by atoms with E-state index in [-0.39, 0.29) is 11.3 Å². The van der Waals surface area contributed by atoms with Crippen molar-refractivity contribution in [2.24, 2.45) is 0 Å². The SMILES string of the molecule is CC(C)(C)c1ccc(/C=C/C(=O)NCCCN2CCCCC2)cc1. The number of piperidine rings is 1. The average Bonchev–Trinajstić information content (AvgIpc) is 2.57. The molecule has 1 fully saturated rings. The van der Waals surface area contributed by atoms with E-state index in [1.54, 1.807) is 6.08 Å². The first kappa shape index (κ1) is 18.7. The molecule has 1 aliphatic heterocycles. The van der Waals surface area contributed by atoms with Gasteiger partial charge >= 0.3 is 0 Å². The molecule has 3 heteroatoms. The minimum absolute atomic E-state index is 0.00598. The molecule has 24 heavy (non-hydrogen) atoms. The van der Waals surface area contributed by atoms with Gasteiger partial charge in [-0.3, -0.25) is 4.79 Å². The fraction of sp³-hybridized carbons (Fsp3) is 0.571. The lowest BCUT2D eigenvalue weighted by molar-refractivity contribution is -0.116. The first-order chi connectivity index (χ1) is 11.4. The maximum Gasteiger partial charge on any atom is 0.243 e. The molecule has 1 amide bonds. The number of hydrogen-bond acceptors (Lipinski definition) is 2. The van der Waals surface area contributed by atoms with E-state index in [0.29, 0.717) is 0 Å². The summed E-state index contributed by atoms with van der Waals surface area (Å²) in [6.07, 6.45) is 8.56. The largest absolute Gasteiger partial charge is 0.353 e. The van der Waals surface area contributed by atoms with Crippen molar-refractivity contribution in [3.8, 4) is 0 Å². The molecule has 0 atom stereocenters. The van der Waals surface area contributed by atoms with Crippen LogP contribution >= 0.6 is 0 Å². The van der Waals surface area contributed by atoms with Gasteiger partial charge in [-0.2, -0.15) is 0 Å². The maximum atomic E-state index is 11.9. The van der Waals surface area contributed by atoms with Crippen LogP contribution in [0.3, 0.4) is 0 Å². The first-order valence-electron chi connectivity index (χ1n) is 9.24. The number of nitrogens with zero attached hydrogens (tertiary/aromatic N) is 1. The molecule has 1 aromatic rings. The molecule has 1 aliphatic rings. The van der Waals surface area contributed by atoms with Crippen molar-refractivity contribution in [3.63, 3.8) is 0 Å². The minimum atomic E-state index is -0.00598. The molecule has 0 saturated carbocycles. The summed E-state index contributed by atoms with van der Waals surface area (Å²) >= 11 is 0. The Morgan fingerprint density at radius 3 is 2.42 bits per heavy atom. The third-order valence-corrected chi connectivity index (χ3v) is 4.60. The van der Waals surface area contributed by atoms with E-state index in [2.05, 4.69) is 55.3 Å². The quantitative estimate of drug-likeness (QED) is 0.632. The summed E-state index contributed by atoms with van der Waals surface area (Å²) in [6.45, 7) is 10.9. The van der Waals surface area contributed by atoms with E-state index in [1.807, 2.05) is 6.08 Å². The Hall–Kier alpha value is -1.61. The van der Waals surface area contributed by atoms with Crippen LogP contribution in [-0.2, 0) is 10.2 Å². The molecule has 3 nitrogen and oxygen atoms in total. The Bertz CT molecular complexity index is 534. The minimum Gasteiger partial charge on any atom is -0.353 e. The lowest BCUT2D eigenvalue weighted by Gasteiger charge is -2.26. The van der Waals surface area contributed by atoms with Gasteiger partial charge in [0.15, 0.2) is 0 Å². The summed E-state index contributed by atoms with van der Waals surface area (Å²) in [4.78, 5) is 14.4. The van der Waals surface area contributed by atoms with Gasteiger partial charge in [-0.25, -0.2) is 0 Å². The number of nitrogens with one attached hydrogen (secondary N) is 1. The van der Waals surface area contributed by atoms with Crippen molar-refractivity contribution in [2.45, 2.75) is 51.9 Å². The number of carbonyl (C=O) groups is 1. The maximum absolute atomic E-state index is 11.9. The molecule has 2 rings (SSSR count). The van der Waals surface area contributed by atoms with E-state index in [4.69, 9.17) is 0 Å². The number of benzene rings is 1. The standard InChI is InChI=1S/C21H32N2O/c1-21(2,3)19-11-8-18(9-12-19)10-13-20(24)22-14-7-17-23-15-5-4-6-16-23/h8-13H,4-7,14-17H2,1-3H3,(H,22,24)/b13-10+. The van der Waals surface area contributed by atoms with Crippen molar-refractivity contribution in [3.05, 3.63) is 41.5 Å². The molecule has 0 bridgehead atoms. The molecule has 1 heterocycles. The van der Waals surface area contributed by atoms with Gasteiger partial charge in [-0.05, 0) is 61.5 Å². The van der Waals surface area contributed by atoms with E-state index in [1.165, 1.54) is 37.9 Å². The van der Waals surface area contributed by atoms with Gasteiger partial charge < -0.3 is 10.2 Å². The second-order valence-corrected chi connectivity index (χ2v) is 7.75. The second-order valence-electron chi connectivity index (χ2n) is 7.75. The molecule has 0 radical (unpaired) electrons. The predicted octanol–water partition coefficient (Wildman–Crippen LogP) is 3.99. The van der Waals surface area contributed by atoms with Gasteiger partial charge in [0, 0.05) is 12.6 Å². The van der Waals surface area contributed by atoms with Gasteiger partial charge in [0.25, 0.3) is 0 Å². The summed E-state index contributed by atoms with van der Waals surface area (Å²) in [5, 5.41) is 2.98. The third-order valence-electron chi connectivity index (χ3n) is 4.60. The van der Waals surface area contributed by atoms with Crippen LogP contribution in [0, 0.1) is 0 Å². The zero-order valence-electron chi connectivity index (χ0n) is 15.5. The molecule has 132 valence electrons. The molecule has 0 unspecified atom stereocenters. The van der Waals surface area contributed by atoms with E-state index >= 15 is 0 Å². The number of rotatable bonds is 6. The number of likely N-dealkylation sites (tertiary alicyclic amines) is 1. The first-order valence-corrected chi connectivity index (χ1v) is 9.24. The van der Waals surface area contributed by atoms with E-state index in [9.17, 15) is 4.79 Å². The Morgan fingerprint density at radius 1 is 1.12 bits per heavy atom. The topological polar surface area (TPSA) is 32.3 Å². The Balaban J connectivity index is 1.68. The Morgan fingerprint density at radius 2 is 1.79 bits per heavy atom. The summed E-state index contributed by atoms with van der Waals surface area (Å²) < 4.78 is 0. The number of carbonyl (C=O) groups excluding carboxylic acids is 1.